The molecule has 0 amide bonds. The topological polar surface area (TPSA) is 481 Å². The fourth-order valence-corrected chi connectivity index (χ4v) is 13.1. The minimum atomic E-state index is -1.62. The van der Waals surface area contributed by atoms with E-state index in [4.69, 9.17) is 66.6 Å². The number of phenols is 1. The summed E-state index contributed by atoms with van der Waals surface area (Å²) in [4.78, 5) is 25.7. The number of carbonyl (C=O) groups excluding carboxylic acids is 1. The van der Waals surface area contributed by atoms with Crippen LogP contribution >= 0.6 is 0 Å². The maximum atomic E-state index is 13.9. The molecule has 5 heterocycles. The maximum absolute atomic E-state index is 13.9. The summed E-state index contributed by atoms with van der Waals surface area (Å²) in [6, 6.07) is -0.901. The molecule has 27 heteroatoms. The SMILES string of the molecule is CCC(C(=O)C(C)C(O)C(C)CCc1ccc(C)c(O)c1C(=O)O)C1OC(CC)(C2CCC(O)(CC)C(C)O2)CC1C.NC[C@@H]1O[C@H](O[C@H]2[C@@H](O)[C@H](O[C@@H]3[C@@H](O)[C@H](N)C[C@H](N)[C@H]3O[C@H]3O[C@H](CO)[C@@H](O)[C@H](O)[C@H]3N)O[C@@H]2CO)[C@H](N)[C@@H](O)[C@@H]1O. The van der Waals surface area contributed by atoms with Crippen molar-refractivity contribution < 1.29 is 109 Å². The Morgan fingerprint density at radius 3 is 1.87 bits per heavy atom. The molecule has 5 aliphatic heterocycles. The van der Waals surface area contributed by atoms with E-state index < -0.39 is 159 Å². The van der Waals surface area contributed by atoms with Gasteiger partial charge in [-0.25, -0.2) is 4.79 Å². The van der Waals surface area contributed by atoms with Crippen molar-refractivity contribution in [3.63, 3.8) is 0 Å². The fourth-order valence-electron chi connectivity index (χ4n) is 13.1. The first kappa shape index (κ1) is 70.3. The molecule has 1 aromatic rings. The van der Waals surface area contributed by atoms with E-state index in [1.807, 2.05) is 27.7 Å². The van der Waals surface area contributed by atoms with Crippen LogP contribution in [-0.4, -0.2) is 245 Å². The van der Waals surface area contributed by atoms with Crippen molar-refractivity contribution >= 4 is 11.8 Å². The summed E-state index contributed by atoms with van der Waals surface area (Å²) < 4.78 is 47.7. The van der Waals surface area contributed by atoms with Crippen LogP contribution in [0.15, 0.2) is 12.1 Å². The number of rotatable bonds is 22. The largest absolute Gasteiger partial charge is 0.507 e. The Morgan fingerprint density at radius 1 is 0.750 bits per heavy atom. The monoisotopic (exact) mass is 1210 g/mol. The Kier molecular flexibility index (Phi) is 24.9. The molecule has 0 aromatic heterocycles. The first-order valence-corrected chi connectivity index (χ1v) is 29.8. The van der Waals surface area contributed by atoms with E-state index in [1.54, 1.807) is 26.0 Å². The predicted octanol–water partition coefficient (Wildman–Crippen LogP) is -3.02. The van der Waals surface area contributed by atoms with Crippen molar-refractivity contribution in [1.82, 2.24) is 0 Å². The number of ketones is 1. The summed E-state index contributed by atoms with van der Waals surface area (Å²) in [6.45, 7) is 14.0. The number of carboxylic acid groups (broad SMARTS) is 1. The van der Waals surface area contributed by atoms with E-state index in [9.17, 15) is 70.9 Å². The number of benzene rings is 1. The van der Waals surface area contributed by atoms with E-state index in [1.165, 1.54) is 0 Å². The average molecular weight is 1210 g/mol. The van der Waals surface area contributed by atoms with Crippen molar-refractivity contribution in [2.24, 2.45) is 52.3 Å². The summed E-state index contributed by atoms with van der Waals surface area (Å²) in [5.41, 5.74) is 29.5. The zero-order valence-corrected chi connectivity index (χ0v) is 49.6. The van der Waals surface area contributed by atoms with Gasteiger partial charge in [0.2, 0.25) is 0 Å². The highest BCUT2D eigenvalue weighted by Gasteiger charge is 2.57. The fraction of sp³-hybridized carbons (Fsp3) is 0.860. The summed E-state index contributed by atoms with van der Waals surface area (Å²) >= 11 is 0. The zero-order chi connectivity index (χ0) is 62.6. The van der Waals surface area contributed by atoms with Gasteiger partial charge in [0, 0.05) is 30.5 Å². The number of carbonyl (C=O) groups is 2. The number of aryl methyl sites for hydroxylation is 2. The molecule has 22 N–H and O–H groups in total. The van der Waals surface area contributed by atoms with E-state index in [0.29, 0.717) is 49.7 Å². The molecule has 1 aliphatic carbocycles. The molecular weight excluding hydrogens is 1110 g/mol. The maximum Gasteiger partial charge on any atom is 0.339 e. The van der Waals surface area contributed by atoms with Crippen LogP contribution in [0.3, 0.4) is 0 Å². The lowest BCUT2D eigenvalue weighted by atomic mass is 9.76. The third kappa shape index (κ3) is 14.8. The number of aromatic carboxylic acids is 1. The first-order valence-electron chi connectivity index (χ1n) is 29.8. The van der Waals surface area contributed by atoms with Crippen LogP contribution in [0.5, 0.6) is 5.75 Å². The molecule has 0 radical (unpaired) electrons. The van der Waals surface area contributed by atoms with Gasteiger partial charge in [0.25, 0.3) is 0 Å². The Morgan fingerprint density at radius 2 is 1.32 bits per heavy atom. The van der Waals surface area contributed by atoms with Crippen molar-refractivity contribution in [2.75, 3.05) is 19.8 Å². The molecule has 484 valence electrons. The van der Waals surface area contributed by atoms with Crippen LogP contribution in [0.1, 0.15) is 121 Å². The van der Waals surface area contributed by atoms with Gasteiger partial charge in [0.05, 0.1) is 67.0 Å². The summed E-state index contributed by atoms with van der Waals surface area (Å²) in [7, 11) is 0. The van der Waals surface area contributed by atoms with Gasteiger partial charge < -0.3 is 128 Å². The molecule has 1 aromatic carbocycles. The molecular formula is C57H99N5O22. The van der Waals surface area contributed by atoms with Crippen molar-refractivity contribution in [2.45, 2.75) is 265 Å². The second kappa shape index (κ2) is 29.7. The Balaban J connectivity index is 0.000000269. The second-order valence-corrected chi connectivity index (χ2v) is 24.4. The van der Waals surface area contributed by atoms with Crippen molar-refractivity contribution in [1.29, 1.82) is 0 Å². The smallest absolute Gasteiger partial charge is 0.339 e. The molecule has 27 nitrogen and oxygen atoms in total. The highest BCUT2D eigenvalue weighted by molar-refractivity contribution is 5.93. The predicted molar refractivity (Wildman–Crippen MR) is 298 cm³/mol. The van der Waals surface area contributed by atoms with Crippen LogP contribution < -0.4 is 28.7 Å². The number of Topliss-reactive ketones (excluding diaryl/α,β-unsaturated/α-hetero) is 1. The van der Waals surface area contributed by atoms with Crippen LogP contribution in [-0.2, 0) is 49.1 Å². The van der Waals surface area contributed by atoms with Gasteiger partial charge in [-0.1, -0.05) is 53.7 Å². The van der Waals surface area contributed by atoms with Crippen LogP contribution in [0.4, 0.5) is 0 Å². The number of aliphatic hydroxyl groups is 10. The number of aliphatic hydroxyl groups excluding tert-OH is 9. The Bertz CT molecular complexity index is 2280. The van der Waals surface area contributed by atoms with Crippen molar-refractivity contribution in [3.8, 4) is 5.75 Å². The van der Waals surface area contributed by atoms with E-state index in [0.717, 1.165) is 12.8 Å². The van der Waals surface area contributed by atoms with Gasteiger partial charge in [-0.3, -0.25) is 4.79 Å². The molecule has 7 rings (SSSR count). The molecule has 10 unspecified atom stereocenters. The molecule has 29 atom stereocenters. The number of carboxylic acids is 1. The molecule has 0 spiro atoms. The van der Waals surface area contributed by atoms with Crippen molar-refractivity contribution in [3.05, 3.63) is 28.8 Å². The third-order valence-electron chi connectivity index (χ3n) is 19.0. The number of ether oxygens (including phenoxy) is 8. The Labute approximate surface area is 490 Å². The minimum absolute atomic E-state index is 0.0157. The summed E-state index contributed by atoms with van der Waals surface area (Å²) in [6.07, 6.45) is -17.2. The van der Waals surface area contributed by atoms with Gasteiger partial charge in [0.1, 0.15) is 84.2 Å². The molecule has 1 saturated carbocycles. The number of aromatic hydroxyl groups is 1. The third-order valence-corrected chi connectivity index (χ3v) is 19.0. The average Bonchev–Trinajstić information content (AvgIpc) is 2.34. The standard InChI is InChI=1S/C34H54O8.C23H45N5O14/c1-9-25(31-21(6)18-34(11-3,42-31)26-16-17-33(40,10-2)23(8)41-26)30(37)22(7)28(35)19(4)12-14-24-15-13-20(5)29(36)27(24)32(38)39;24-2-7-13(32)15(34)10(27)21(37-7)41-19-9(4-30)39-23(17(19)36)42-20-12(31)5(25)1-6(26)18(20)40-22-11(28)16(35)14(33)8(3-29)38-22/h13,15,19,21-23,25-26,28,31,35-36,40H,9-12,14,16-18H2,1-8H3,(H,38,39);5-23,29-36H,1-4,24-28H2/t;5-,6+,7+,8-,9-,10-,11-,12+,13-,14-,15-,16-,17-,18-,19-,20-,21-,22-,23+/m.1/s1. The van der Waals surface area contributed by atoms with Gasteiger partial charge in [-0.05, 0) is 94.6 Å². The molecule has 6 fully saturated rings. The van der Waals surface area contributed by atoms with Gasteiger partial charge >= 0.3 is 5.97 Å². The lowest BCUT2D eigenvalue weighted by molar-refractivity contribution is -0.310. The van der Waals surface area contributed by atoms with E-state index in [2.05, 4.69) is 13.8 Å². The Hall–Kier alpha value is -2.76. The lowest BCUT2D eigenvalue weighted by Crippen LogP contribution is -2.68. The van der Waals surface area contributed by atoms with Crippen LogP contribution in [0.2, 0.25) is 0 Å². The molecule has 0 bridgehead atoms. The zero-order valence-electron chi connectivity index (χ0n) is 49.6. The number of hydrogen-bond acceptors (Lipinski definition) is 26. The highest BCUT2D eigenvalue weighted by atomic mass is 16.8. The van der Waals surface area contributed by atoms with E-state index >= 15 is 0 Å². The second-order valence-electron chi connectivity index (χ2n) is 24.4. The molecule has 6 aliphatic rings. The van der Waals surface area contributed by atoms with E-state index in [-0.39, 0.29) is 66.1 Å². The molecule has 5 saturated heterocycles. The minimum Gasteiger partial charge on any atom is -0.507 e. The van der Waals surface area contributed by atoms with Gasteiger partial charge in [0.15, 0.2) is 18.9 Å². The van der Waals surface area contributed by atoms with Crippen LogP contribution in [0, 0.1) is 30.6 Å². The van der Waals surface area contributed by atoms with Gasteiger partial charge in [-0.15, -0.1) is 0 Å². The quantitative estimate of drug-likeness (QED) is 0.0549. The van der Waals surface area contributed by atoms with Gasteiger partial charge in [-0.2, -0.15) is 0 Å². The first-order chi connectivity index (χ1) is 39.5. The summed E-state index contributed by atoms with van der Waals surface area (Å²) in [5, 5.41) is 124. The number of nitrogens with two attached hydrogens (primary N) is 5. The number of hydrogen-bond donors (Lipinski definition) is 17. The summed E-state index contributed by atoms with van der Waals surface area (Å²) in [5.74, 6) is -2.55. The molecule has 84 heavy (non-hydrogen) atoms. The lowest BCUT2D eigenvalue weighted by Gasteiger charge is -2.47. The highest BCUT2D eigenvalue weighted by Crippen LogP contribution is 2.49. The van der Waals surface area contributed by atoms with Crippen LogP contribution in [0.25, 0.3) is 0 Å². The normalized spacial score (nSPS) is 43.2.